The van der Waals surface area contributed by atoms with Gasteiger partial charge in [-0.3, -0.25) is 14.4 Å². The molecule has 0 fully saturated rings. The summed E-state index contributed by atoms with van der Waals surface area (Å²) in [6, 6.07) is 14.8. The SMILES string of the molecule is O=C1C[C@@H](c2ccccc2)Cc2[nH]c(=O)c(C(=O)Nc3cccc(C(F)(F)F)c3)cc21. The van der Waals surface area contributed by atoms with Crippen LogP contribution in [0, 0.1) is 0 Å². The first-order valence-corrected chi connectivity index (χ1v) is 9.55. The van der Waals surface area contributed by atoms with Crippen LogP contribution in [0.25, 0.3) is 0 Å². The summed E-state index contributed by atoms with van der Waals surface area (Å²) < 4.78 is 38.6. The fourth-order valence-corrected chi connectivity index (χ4v) is 3.73. The van der Waals surface area contributed by atoms with Gasteiger partial charge in [0.05, 0.1) is 5.56 Å². The third-order valence-corrected chi connectivity index (χ3v) is 5.27. The number of amides is 1. The second-order valence-electron chi connectivity index (χ2n) is 7.38. The lowest BCUT2D eigenvalue weighted by Crippen LogP contribution is -2.29. The Bertz CT molecular complexity index is 1220. The lowest BCUT2D eigenvalue weighted by atomic mass is 9.81. The number of aromatic nitrogens is 1. The van der Waals surface area contributed by atoms with Gasteiger partial charge in [-0.1, -0.05) is 36.4 Å². The highest BCUT2D eigenvalue weighted by atomic mass is 19.4. The number of halogens is 3. The number of alkyl halides is 3. The van der Waals surface area contributed by atoms with E-state index in [1.165, 1.54) is 12.1 Å². The van der Waals surface area contributed by atoms with Crippen LogP contribution in [0.4, 0.5) is 18.9 Å². The van der Waals surface area contributed by atoms with E-state index in [0.717, 1.165) is 23.8 Å². The van der Waals surface area contributed by atoms with E-state index in [9.17, 15) is 27.6 Å². The molecule has 0 radical (unpaired) electrons. The molecular weight excluding hydrogens is 409 g/mol. The quantitative estimate of drug-likeness (QED) is 0.645. The van der Waals surface area contributed by atoms with Gasteiger partial charge in [0.15, 0.2) is 5.78 Å². The van der Waals surface area contributed by atoms with Crippen LogP contribution in [0.1, 0.15) is 49.9 Å². The van der Waals surface area contributed by atoms with Gasteiger partial charge in [0.2, 0.25) is 0 Å². The summed E-state index contributed by atoms with van der Waals surface area (Å²) in [5, 5.41) is 2.30. The summed E-state index contributed by atoms with van der Waals surface area (Å²) in [6.45, 7) is 0. The van der Waals surface area contributed by atoms with E-state index in [0.29, 0.717) is 12.1 Å². The average molecular weight is 426 g/mol. The van der Waals surface area contributed by atoms with E-state index in [4.69, 9.17) is 0 Å². The van der Waals surface area contributed by atoms with Crippen molar-refractivity contribution in [1.82, 2.24) is 4.98 Å². The highest BCUT2D eigenvalue weighted by molar-refractivity contribution is 6.06. The van der Waals surface area contributed by atoms with Gasteiger partial charge in [0.1, 0.15) is 5.56 Å². The van der Waals surface area contributed by atoms with Crippen LogP contribution in [0.5, 0.6) is 0 Å². The zero-order chi connectivity index (χ0) is 22.2. The number of aromatic amines is 1. The Morgan fingerprint density at radius 3 is 2.42 bits per heavy atom. The topological polar surface area (TPSA) is 79.0 Å². The first kappa shape index (κ1) is 20.6. The number of hydrogen-bond acceptors (Lipinski definition) is 3. The number of hydrogen-bond donors (Lipinski definition) is 2. The maximum absolute atomic E-state index is 12.9. The Kier molecular flexibility index (Phi) is 5.22. The molecule has 0 unspecified atom stereocenters. The van der Waals surface area contributed by atoms with Gasteiger partial charge in [-0.25, -0.2) is 0 Å². The van der Waals surface area contributed by atoms with Crippen LogP contribution in [-0.4, -0.2) is 16.7 Å². The van der Waals surface area contributed by atoms with Crippen molar-refractivity contribution < 1.29 is 22.8 Å². The van der Waals surface area contributed by atoms with Gasteiger partial charge < -0.3 is 10.3 Å². The highest BCUT2D eigenvalue weighted by Crippen LogP contribution is 2.32. The van der Waals surface area contributed by atoms with E-state index < -0.39 is 23.2 Å². The summed E-state index contributed by atoms with van der Waals surface area (Å²) >= 11 is 0. The smallest absolute Gasteiger partial charge is 0.325 e. The number of carbonyl (C=O) groups excluding carboxylic acids is 2. The molecule has 5 nitrogen and oxygen atoms in total. The largest absolute Gasteiger partial charge is 0.416 e. The number of H-pyrrole nitrogens is 1. The number of rotatable bonds is 3. The second kappa shape index (κ2) is 7.86. The molecule has 31 heavy (non-hydrogen) atoms. The number of Topliss-reactive ketones (excluding diaryl/α,β-unsaturated/α-hetero) is 1. The fourth-order valence-electron chi connectivity index (χ4n) is 3.73. The van der Waals surface area contributed by atoms with E-state index in [2.05, 4.69) is 10.3 Å². The Morgan fingerprint density at radius 1 is 0.968 bits per heavy atom. The van der Waals surface area contributed by atoms with Gasteiger partial charge in [-0.2, -0.15) is 13.2 Å². The minimum atomic E-state index is -4.56. The van der Waals surface area contributed by atoms with Crippen molar-refractivity contribution in [3.63, 3.8) is 0 Å². The molecule has 1 heterocycles. The number of fused-ring (bicyclic) bond motifs is 1. The molecule has 0 saturated carbocycles. The van der Waals surface area contributed by atoms with Crippen molar-refractivity contribution in [2.75, 3.05) is 5.32 Å². The lowest BCUT2D eigenvalue weighted by Gasteiger charge is -2.24. The van der Waals surface area contributed by atoms with Crippen molar-refractivity contribution in [1.29, 1.82) is 0 Å². The summed E-state index contributed by atoms with van der Waals surface area (Å²) in [7, 11) is 0. The van der Waals surface area contributed by atoms with Gasteiger partial charge in [-0.05, 0) is 42.2 Å². The predicted octanol–water partition coefficient (Wildman–Crippen LogP) is 4.56. The number of ketones is 1. The molecule has 3 aromatic rings. The molecule has 1 aliphatic carbocycles. The van der Waals surface area contributed by atoms with Crippen molar-refractivity contribution in [2.45, 2.75) is 24.9 Å². The lowest BCUT2D eigenvalue weighted by molar-refractivity contribution is -0.137. The number of benzene rings is 2. The number of carbonyl (C=O) groups is 2. The molecule has 1 aliphatic rings. The van der Waals surface area contributed by atoms with Crippen molar-refractivity contribution in [3.8, 4) is 0 Å². The minimum absolute atomic E-state index is 0.0818. The third-order valence-electron chi connectivity index (χ3n) is 5.27. The predicted molar refractivity (Wildman–Crippen MR) is 108 cm³/mol. The first-order valence-electron chi connectivity index (χ1n) is 9.55. The zero-order valence-corrected chi connectivity index (χ0v) is 16.1. The minimum Gasteiger partial charge on any atom is -0.325 e. The van der Waals surface area contributed by atoms with Crippen molar-refractivity contribution in [2.24, 2.45) is 0 Å². The molecular formula is C23H17F3N2O3. The van der Waals surface area contributed by atoms with E-state index in [1.54, 1.807) is 0 Å². The average Bonchev–Trinajstić information content (AvgIpc) is 2.73. The monoisotopic (exact) mass is 426 g/mol. The molecule has 8 heteroatoms. The molecule has 158 valence electrons. The Labute approximate surface area is 174 Å². The molecule has 0 aliphatic heterocycles. The molecule has 1 atom stereocenters. The van der Waals surface area contributed by atoms with Crippen LogP contribution in [0.3, 0.4) is 0 Å². The van der Waals surface area contributed by atoms with Crippen LogP contribution in [0.15, 0.2) is 65.5 Å². The molecule has 2 N–H and O–H groups in total. The summed E-state index contributed by atoms with van der Waals surface area (Å²) in [5.41, 5.74) is -0.382. The van der Waals surface area contributed by atoms with Gasteiger partial charge in [0, 0.05) is 23.4 Å². The van der Waals surface area contributed by atoms with E-state index in [1.807, 2.05) is 30.3 Å². The highest BCUT2D eigenvalue weighted by Gasteiger charge is 2.31. The molecule has 1 aromatic heterocycles. The van der Waals surface area contributed by atoms with Crippen LogP contribution >= 0.6 is 0 Å². The molecule has 0 saturated heterocycles. The third kappa shape index (κ3) is 4.28. The second-order valence-corrected chi connectivity index (χ2v) is 7.38. The molecule has 2 aromatic carbocycles. The van der Waals surface area contributed by atoms with E-state index >= 15 is 0 Å². The van der Waals surface area contributed by atoms with E-state index in [-0.39, 0.29) is 34.9 Å². The van der Waals surface area contributed by atoms with Crippen molar-refractivity contribution >= 4 is 17.4 Å². The molecule has 1 amide bonds. The maximum atomic E-state index is 12.9. The summed E-state index contributed by atoms with van der Waals surface area (Å²) in [6.07, 6.45) is -3.89. The number of anilines is 1. The molecule has 0 bridgehead atoms. The van der Waals surface area contributed by atoms with Crippen LogP contribution < -0.4 is 10.9 Å². The summed E-state index contributed by atoms with van der Waals surface area (Å²) in [4.78, 5) is 40.3. The van der Waals surface area contributed by atoms with Gasteiger partial charge in [-0.15, -0.1) is 0 Å². The molecule has 0 spiro atoms. The molecule has 4 rings (SSSR count). The normalized spacial score (nSPS) is 16.0. The fraction of sp³-hybridized carbons (Fsp3) is 0.174. The Morgan fingerprint density at radius 2 is 1.71 bits per heavy atom. The standard InChI is InChI=1S/C23H17F3N2O3/c24-23(25,26)15-7-4-8-16(11-15)27-21(30)18-12-17-19(28-22(18)31)9-14(10-20(17)29)13-5-2-1-3-6-13/h1-8,11-12,14H,9-10H2,(H,27,30)(H,28,31)/t14-/m0/s1. The van der Waals surface area contributed by atoms with Gasteiger partial charge >= 0.3 is 6.18 Å². The zero-order valence-electron chi connectivity index (χ0n) is 16.1. The summed E-state index contributed by atoms with van der Waals surface area (Å²) in [5.74, 6) is -1.18. The van der Waals surface area contributed by atoms with Gasteiger partial charge in [0.25, 0.3) is 11.5 Å². The van der Waals surface area contributed by atoms with Crippen molar-refractivity contribution in [3.05, 3.63) is 99.0 Å². The van der Waals surface area contributed by atoms with Crippen LogP contribution in [-0.2, 0) is 12.6 Å². The first-order chi connectivity index (χ1) is 14.7. The number of nitrogens with one attached hydrogen (secondary N) is 2. The maximum Gasteiger partial charge on any atom is 0.416 e. The number of pyridine rings is 1. The Balaban J connectivity index is 1.60. The Hall–Kier alpha value is -3.68. The van der Waals surface area contributed by atoms with Crippen LogP contribution in [0.2, 0.25) is 0 Å².